The first-order valence-corrected chi connectivity index (χ1v) is 8.85. The predicted octanol–water partition coefficient (Wildman–Crippen LogP) is 0.390. The average molecular weight is 312 g/mol. The summed E-state index contributed by atoms with van der Waals surface area (Å²) >= 11 is 0. The highest BCUT2D eigenvalue weighted by molar-refractivity contribution is 7.87. The lowest BCUT2D eigenvalue weighted by atomic mass is 9.98. The van der Waals surface area contributed by atoms with Gasteiger partial charge in [-0.15, -0.1) is 0 Å². The van der Waals surface area contributed by atoms with Crippen LogP contribution in [0.5, 0.6) is 0 Å². The number of rotatable bonds is 7. The Labute approximate surface area is 127 Å². The van der Waals surface area contributed by atoms with Gasteiger partial charge < -0.3 is 5.32 Å². The van der Waals surface area contributed by atoms with Crippen molar-refractivity contribution in [3.63, 3.8) is 0 Å². The summed E-state index contributed by atoms with van der Waals surface area (Å²) in [6.45, 7) is 2.55. The molecule has 21 heavy (non-hydrogen) atoms. The first-order chi connectivity index (χ1) is 10.1. The highest BCUT2D eigenvalue weighted by atomic mass is 32.2. The molecule has 0 atom stereocenters. The van der Waals surface area contributed by atoms with Gasteiger partial charge in [-0.1, -0.05) is 6.07 Å². The van der Waals surface area contributed by atoms with Gasteiger partial charge >= 0.3 is 0 Å². The van der Waals surface area contributed by atoms with E-state index in [1.54, 1.807) is 10.5 Å². The average Bonchev–Trinajstić information content (AvgIpc) is 2.49. The topological polar surface area (TPSA) is 74.3 Å². The van der Waals surface area contributed by atoms with Gasteiger partial charge in [-0.2, -0.15) is 12.7 Å². The van der Waals surface area contributed by atoms with Crippen LogP contribution in [0.25, 0.3) is 0 Å². The van der Waals surface area contributed by atoms with Crippen molar-refractivity contribution in [3.8, 4) is 0 Å². The number of pyridine rings is 1. The van der Waals surface area contributed by atoms with E-state index >= 15 is 0 Å². The molecule has 0 spiro atoms. The van der Waals surface area contributed by atoms with Crippen LogP contribution in [-0.2, 0) is 16.6 Å². The molecule has 2 heterocycles. The Balaban J connectivity index is 1.77. The molecule has 0 saturated carbocycles. The summed E-state index contributed by atoms with van der Waals surface area (Å²) in [4.78, 5) is 4.19. The van der Waals surface area contributed by atoms with Crippen LogP contribution in [0.15, 0.2) is 24.4 Å². The Morgan fingerprint density at radius 1 is 1.33 bits per heavy atom. The van der Waals surface area contributed by atoms with E-state index in [1.165, 1.54) is 0 Å². The quantitative estimate of drug-likeness (QED) is 0.764. The van der Waals surface area contributed by atoms with E-state index in [9.17, 15) is 8.42 Å². The van der Waals surface area contributed by atoms with Crippen LogP contribution >= 0.6 is 0 Å². The van der Waals surface area contributed by atoms with Gasteiger partial charge in [0, 0.05) is 37.9 Å². The molecule has 0 unspecified atom stereocenters. The van der Waals surface area contributed by atoms with Crippen LogP contribution in [0.1, 0.15) is 18.5 Å². The Morgan fingerprint density at radius 3 is 2.71 bits per heavy atom. The molecule has 1 aliphatic heterocycles. The molecule has 1 fully saturated rings. The maximum Gasteiger partial charge on any atom is 0.279 e. The maximum absolute atomic E-state index is 12.2. The van der Waals surface area contributed by atoms with Gasteiger partial charge in [0.1, 0.15) is 0 Å². The third-order valence-electron chi connectivity index (χ3n) is 3.80. The smallest absolute Gasteiger partial charge is 0.279 e. The van der Waals surface area contributed by atoms with E-state index in [0.717, 1.165) is 25.1 Å². The molecule has 6 nitrogen and oxygen atoms in total. The van der Waals surface area contributed by atoms with Gasteiger partial charge in [0.15, 0.2) is 0 Å². The van der Waals surface area contributed by atoms with E-state index in [2.05, 4.69) is 15.0 Å². The molecular weight excluding hydrogens is 288 g/mol. The molecule has 0 radical (unpaired) electrons. The van der Waals surface area contributed by atoms with Crippen LogP contribution in [0.4, 0.5) is 0 Å². The van der Waals surface area contributed by atoms with Crippen molar-refractivity contribution in [2.45, 2.75) is 19.3 Å². The second-order valence-corrected chi connectivity index (χ2v) is 7.13. The van der Waals surface area contributed by atoms with Crippen LogP contribution in [0.3, 0.4) is 0 Å². The number of aromatic nitrogens is 1. The van der Waals surface area contributed by atoms with Gasteiger partial charge in [-0.25, -0.2) is 4.72 Å². The minimum Gasteiger partial charge on any atom is -0.319 e. The van der Waals surface area contributed by atoms with E-state index < -0.39 is 10.2 Å². The zero-order valence-corrected chi connectivity index (χ0v) is 13.3. The largest absolute Gasteiger partial charge is 0.319 e. The molecule has 0 amide bonds. The molecule has 118 valence electrons. The molecule has 2 N–H and O–H groups in total. The van der Waals surface area contributed by atoms with Gasteiger partial charge in [0.2, 0.25) is 0 Å². The number of piperidine rings is 1. The minimum atomic E-state index is -3.36. The maximum atomic E-state index is 12.2. The number of nitrogens with one attached hydrogen (secondary N) is 2. The van der Waals surface area contributed by atoms with E-state index in [1.807, 2.05) is 25.2 Å². The third-order valence-corrected chi connectivity index (χ3v) is 5.41. The van der Waals surface area contributed by atoms with Crippen LogP contribution in [-0.4, -0.2) is 50.9 Å². The highest BCUT2D eigenvalue weighted by Gasteiger charge is 2.27. The Bertz CT molecular complexity index is 513. The molecular formula is C14H24N4O2S. The lowest BCUT2D eigenvalue weighted by Crippen LogP contribution is -2.46. The molecule has 1 aromatic rings. The lowest BCUT2D eigenvalue weighted by molar-refractivity contribution is 0.268. The standard InChI is InChI=1S/C14H24N4O2S/c1-15-12-13-6-10-18(11-7-13)21(19,20)17-9-5-14-4-2-3-8-16-14/h2-4,8,13,15,17H,5-7,9-12H2,1H3. The fourth-order valence-corrected chi connectivity index (χ4v) is 3.82. The van der Waals surface area contributed by atoms with Gasteiger partial charge in [-0.3, -0.25) is 4.98 Å². The SMILES string of the molecule is CNCC1CCN(S(=O)(=O)NCCc2ccccn2)CC1. The number of hydrogen-bond acceptors (Lipinski definition) is 4. The van der Waals surface area contributed by atoms with Gasteiger partial charge in [0.05, 0.1) is 0 Å². The van der Waals surface area contributed by atoms with Crippen molar-refractivity contribution < 1.29 is 8.42 Å². The molecule has 0 aromatic carbocycles. The summed E-state index contributed by atoms with van der Waals surface area (Å²) in [7, 11) is -1.42. The zero-order chi connectivity index (χ0) is 15.1. The van der Waals surface area contributed by atoms with E-state index in [4.69, 9.17) is 0 Å². The summed E-state index contributed by atoms with van der Waals surface area (Å²) in [6.07, 6.45) is 4.16. The van der Waals surface area contributed by atoms with Crippen molar-refractivity contribution >= 4 is 10.2 Å². The molecule has 2 rings (SSSR count). The van der Waals surface area contributed by atoms with Crippen LogP contribution < -0.4 is 10.0 Å². The monoisotopic (exact) mass is 312 g/mol. The third kappa shape index (κ3) is 5.03. The fourth-order valence-electron chi connectivity index (χ4n) is 2.59. The second kappa shape index (κ2) is 7.84. The Kier molecular flexibility index (Phi) is 6.10. The summed E-state index contributed by atoms with van der Waals surface area (Å²) in [6, 6.07) is 5.66. The van der Waals surface area contributed by atoms with Crippen molar-refractivity contribution in [1.29, 1.82) is 0 Å². The second-order valence-electron chi connectivity index (χ2n) is 5.37. The van der Waals surface area contributed by atoms with Crippen molar-refractivity contribution in [3.05, 3.63) is 30.1 Å². The zero-order valence-electron chi connectivity index (χ0n) is 12.5. The van der Waals surface area contributed by atoms with Crippen molar-refractivity contribution in [1.82, 2.24) is 19.3 Å². The van der Waals surface area contributed by atoms with Gasteiger partial charge in [0.25, 0.3) is 10.2 Å². The van der Waals surface area contributed by atoms with Crippen LogP contribution in [0, 0.1) is 5.92 Å². The number of nitrogens with zero attached hydrogens (tertiary/aromatic N) is 2. The van der Waals surface area contributed by atoms with E-state index in [0.29, 0.717) is 32.0 Å². The molecule has 1 aliphatic rings. The molecule has 0 bridgehead atoms. The fraction of sp³-hybridized carbons (Fsp3) is 0.643. The van der Waals surface area contributed by atoms with Crippen molar-refractivity contribution in [2.24, 2.45) is 5.92 Å². The summed E-state index contributed by atoms with van der Waals surface area (Å²) in [5.74, 6) is 0.579. The highest BCUT2D eigenvalue weighted by Crippen LogP contribution is 2.18. The first kappa shape index (κ1) is 16.4. The normalized spacial score (nSPS) is 18.0. The summed E-state index contributed by atoms with van der Waals surface area (Å²) < 4.78 is 28.7. The minimum absolute atomic E-state index is 0.385. The molecule has 7 heteroatoms. The molecule has 1 aromatic heterocycles. The Morgan fingerprint density at radius 2 is 2.10 bits per heavy atom. The lowest BCUT2D eigenvalue weighted by Gasteiger charge is -2.31. The predicted molar refractivity (Wildman–Crippen MR) is 83.1 cm³/mol. The van der Waals surface area contributed by atoms with E-state index in [-0.39, 0.29) is 0 Å². The molecule has 1 saturated heterocycles. The van der Waals surface area contributed by atoms with Crippen molar-refractivity contribution in [2.75, 3.05) is 33.2 Å². The number of hydrogen-bond donors (Lipinski definition) is 2. The first-order valence-electron chi connectivity index (χ1n) is 7.41. The summed E-state index contributed by atoms with van der Waals surface area (Å²) in [5.41, 5.74) is 0.896. The van der Waals surface area contributed by atoms with Crippen LogP contribution in [0.2, 0.25) is 0 Å². The molecule has 0 aliphatic carbocycles. The summed E-state index contributed by atoms with van der Waals surface area (Å²) in [5, 5.41) is 3.15. The Hall–Kier alpha value is -1.02. The van der Waals surface area contributed by atoms with Gasteiger partial charge in [-0.05, 0) is 44.5 Å².